The normalized spacial score (nSPS) is 10.9. The number of pyridine rings is 1. The Balaban J connectivity index is 2.29. The van der Waals surface area contributed by atoms with Crippen molar-refractivity contribution in [2.75, 3.05) is 5.73 Å². The highest BCUT2D eigenvalue weighted by atomic mass is 19.1. The summed E-state index contributed by atoms with van der Waals surface area (Å²) in [6.07, 6.45) is 3.31. The van der Waals surface area contributed by atoms with Crippen molar-refractivity contribution in [1.82, 2.24) is 14.5 Å². The van der Waals surface area contributed by atoms with Crippen LogP contribution >= 0.6 is 0 Å². The Morgan fingerprint density at radius 3 is 2.65 bits per heavy atom. The maximum atomic E-state index is 12.9. The van der Waals surface area contributed by atoms with Crippen molar-refractivity contribution in [2.24, 2.45) is 0 Å². The van der Waals surface area contributed by atoms with Gasteiger partial charge >= 0.3 is 0 Å². The van der Waals surface area contributed by atoms with Crippen LogP contribution in [-0.4, -0.2) is 14.5 Å². The van der Waals surface area contributed by atoms with Gasteiger partial charge in [0, 0.05) is 11.9 Å². The molecular formula is C12H9FN4. The first-order valence-corrected chi connectivity index (χ1v) is 5.09. The monoisotopic (exact) mass is 228 g/mol. The topological polar surface area (TPSA) is 56.7 Å². The van der Waals surface area contributed by atoms with Crippen LogP contribution in [0.5, 0.6) is 0 Å². The van der Waals surface area contributed by atoms with E-state index in [2.05, 4.69) is 9.97 Å². The average Bonchev–Trinajstić information content (AvgIpc) is 2.66. The smallest absolute Gasteiger partial charge is 0.205 e. The molecule has 4 nitrogen and oxygen atoms in total. The maximum absolute atomic E-state index is 12.9. The lowest BCUT2D eigenvalue weighted by molar-refractivity contribution is 0.627. The zero-order valence-electron chi connectivity index (χ0n) is 8.84. The minimum absolute atomic E-state index is 0.279. The van der Waals surface area contributed by atoms with E-state index in [1.54, 1.807) is 29.1 Å². The number of hydrogen-bond acceptors (Lipinski definition) is 3. The van der Waals surface area contributed by atoms with E-state index in [0.717, 1.165) is 11.2 Å². The summed E-state index contributed by atoms with van der Waals surface area (Å²) in [6.45, 7) is 0. The Hall–Kier alpha value is -2.43. The number of benzene rings is 1. The molecule has 0 aliphatic carbocycles. The molecule has 0 fully saturated rings. The second-order valence-corrected chi connectivity index (χ2v) is 3.65. The Kier molecular flexibility index (Phi) is 2.04. The van der Waals surface area contributed by atoms with Crippen LogP contribution in [0.3, 0.4) is 0 Å². The summed E-state index contributed by atoms with van der Waals surface area (Å²) >= 11 is 0. The fraction of sp³-hybridized carbons (Fsp3) is 0. The first-order chi connectivity index (χ1) is 8.25. The maximum Gasteiger partial charge on any atom is 0.205 e. The summed E-state index contributed by atoms with van der Waals surface area (Å²) in [5, 5.41) is 0. The number of imidazole rings is 1. The van der Waals surface area contributed by atoms with Gasteiger partial charge in [0.1, 0.15) is 11.3 Å². The molecule has 0 saturated heterocycles. The number of nitrogen functional groups attached to an aromatic ring is 1. The Labute approximate surface area is 96.5 Å². The van der Waals surface area contributed by atoms with Crippen molar-refractivity contribution in [1.29, 1.82) is 0 Å². The summed E-state index contributed by atoms with van der Waals surface area (Å²) in [7, 11) is 0. The minimum atomic E-state index is -0.279. The average molecular weight is 228 g/mol. The van der Waals surface area contributed by atoms with Crippen LogP contribution < -0.4 is 5.73 Å². The standard InChI is InChI=1S/C12H9FN4/c13-8-1-3-9(4-2-8)17-11-5-6-15-7-10(11)16-12(17)14/h1-7H,(H2,14,16). The third-order valence-electron chi connectivity index (χ3n) is 2.57. The number of anilines is 1. The fourth-order valence-electron chi connectivity index (χ4n) is 1.81. The lowest BCUT2D eigenvalue weighted by atomic mass is 10.3. The van der Waals surface area contributed by atoms with Crippen molar-refractivity contribution in [2.45, 2.75) is 0 Å². The number of nitrogens with two attached hydrogens (primary N) is 1. The SMILES string of the molecule is Nc1nc2cnccc2n1-c1ccc(F)cc1. The van der Waals surface area contributed by atoms with Gasteiger partial charge in [-0.25, -0.2) is 9.37 Å². The molecular weight excluding hydrogens is 219 g/mol. The van der Waals surface area contributed by atoms with Gasteiger partial charge in [-0.3, -0.25) is 9.55 Å². The number of hydrogen-bond donors (Lipinski definition) is 1. The van der Waals surface area contributed by atoms with E-state index < -0.39 is 0 Å². The summed E-state index contributed by atoms with van der Waals surface area (Å²) in [5.74, 6) is 0.0815. The van der Waals surface area contributed by atoms with E-state index in [4.69, 9.17) is 5.73 Å². The summed E-state index contributed by atoms with van der Waals surface area (Å²) in [6, 6.07) is 7.92. The highest BCUT2D eigenvalue weighted by Gasteiger charge is 2.09. The zero-order chi connectivity index (χ0) is 11.8. The Bertz CT molecular complexity index is 673. The van der Waals surface area contributed by atoms with Crippen molar-refractivity contribution in [3.8, 4) is 5.69 Å². The highest BCUT2D eigenvalue weighted by molar-refractivity contribution is 5.79. The lowest BCUT2D eigenvalue weighted by Gasteiger charge is -2.05. The van der Waals surface area contributed by atoms with Gasteiger partial charge in [0.05, 0.1) is 11.7 Å². The number of nitrogens with zero attached hydrogens (tertiary/aromatic N) is 3. The van der Waals surface area contributed by atoms with E-state index in [9.17, 15) is 4.39 Å². The van der Waals surface area contributed by atoms with Crippen LogP contribution in [-0.2, 0) is 0 Å². The third-order valence-corrected chi connectivity index (χ3v) is 2.57. The predicted octanol–water partition coefficient (Wildman–Crippen LogP) is 2.14. The molecule has 0 spiro atoms. The van der Waals surface area contributed by atoms with Gasteiger partial charge in [0.2, 0.25) is 5.95 Å². The molecule has 0 saturated carbocycles. The zero-order valence-corrected chi connectivity index (χ0v) is 8.84. The fourth-order valence-corrected chi connectivity index (χ4v) is 1.81. The molecule has 0 aliphatic heterocycles. The molecule has 2 N–H and O–H groups in total. The van der Waals surface area contributed by atoms with Gasteiger partial charge in [0.15, 0.2) is 0 Å². The van der Waals surface area contributed by atoms with Gasteiger partial charge in [-0.1, -0.05) is 0 Å². The third kappa shape index (κ3) is 1.52. The van der Waals surface area contributed by atoms with Gasteiger partial charge in [0.25, 0.3) is 0 Å². The Morgan fingerprint density at radius 2 is 1.88 bits per heavy atom. The van der Waals surface area contributed by atoms with Crippen LogP contribution in [0, 0.1) is 5.82 Å². The molecule has 84 valence electrons. The summed E-state index contributed by atoms with van der Waals surface area (Å²) in [4.78, 5) is 8.18. The second kappa shape index (κ2) is 3.55. The molecule has 0 radical (unpaired) electrons. The second-order valence-electron chi connectivity index (χ2n) is 3.65. The molecule has 2 heterocycles. The molecule has 1 aromatic carbocycles. The van der Waals surface area contributed by atoms with E-state index in [1.165, 1.54) is 12.1 Å². The lowest BCUT2D eigenvalue weighted by Crippen LogP contribution is -2.00. The van der Waals surface area contributed by atoms with Gasteiger partial charge in [-0.2, -0.15) is 0 Å². The van der Waals surface area contributed by atoms with Gasteiger partial charge in [-0.05, 0) is 30.3 Å². The van der Waals surface area contributed by atoms with Crippen LogP contribution in [0.25, 0.3) is 16.7 Å². The predicted molar refractivity (Wildman–Crippen MR) is 63.2 cm³/mol. The van der Waals surface area contributed by atoms with Crippen LogP contribution in [0.15, 0.2) is 42.7 Å². The quantitative estimate of drug-likeness (QED) is 0.694. The number of halogens is 1. The molecule has 0 aliphatic rings. The first-order valence-electron chi connectivity index (χ1n) is 5.09. The molecule has 3 aromatic rings. The number of rotatable bonds is 1. The summed E-state index contributed by atoms with van der Waals surface area (Å²) < 4.78 is 14.6. The molecule has 5 heteroatoms. The van der Waals surface area contributed by atoms with Gasteiger partial charge in [-0.15, -0.1) is 0 Å². The largest absolute Gasteiger partial charge is 0.369 e. The minimum Gasteiger partial charge on any atom is -0.369 e. The molecule has 2 aromatic heterocycles. The van der Waals surface area contributed by atoms with Crippen molar-refractivity contribution >= 4 is 17.0 Å². The van der Waals surface area contributed by atoms with Gasteiger partial charge < -0.3 is 5.73 Å². The van der Waals surface area contributed by atoms with E-state index in [1.807, 2.05) is 6.07 Å². The van der Waals surface area contributed by atoms with Crippen molar-refractivity contribution in [3.05, 3.63) is 48.5 Å². The molecule has 0 bridgehead atoms. The summed E-state index contributed by atoms with van der Waals surface area (Å²) in [5.41, 5.74) is 8.20. The first kappa shape index (κ1) is 9.77. The van der Waals surface area contributed by atoms with Crippen LogP contribution in [0.2, 0.25) is 0 Å². The number of fused-ring (bicyclic) bond motifs is 1. The Morgan fingerprint density at radius 1 is 1.12 bits per heavy atom. The van der Waals surface area contributed by atoms with E-state index in [-0.39, 0.29) is 5.82 Å². The molecule has 3 rings (SSSR count). The molecule has 17 heavy (non-hydrogen) atoms. The highest BCUT2D eigenvalue weighted by Crippen LogP contribution is 2.21. The van der Waals surface area contributed by atoms with E-state index >= 15 is 0 Å². The van der Waals surface area contributed by atoms with Crippen LogP contribution in [0.4, 0.5) is 10.3 Å². The van der Waals surface area contributed by atoms with E-state index in [0.29, 0.717) is 11.5 Å². The van der Waals surface area contributed by atoms with Crippen molar-refractivity contribution in [3.63, 3.8) is 0 Å². The van der Waals surface area contributed by atoms with Crippen molar-refractivity contribution < 1.29 is 4.39 Å². The van der Waals surface area contributed by atoms with Crippen LogP contribution in [0.1, 0.15) is 0 Å². The molecule has 0 unspecified atom stereocenters. The number of aromatic nitrogens is 3. The molecule has 0 amide bonds. The molecule has 0 atom stereocenters.